The second-order valence-electron chi connectivity index (χ2n) is 2.27. The SMILES string of the molecule is Cc1[nH]c(=S)n(C)c1C(=O)O. The number of aromatic nitrogens is 2. The van der Waals surface area contributed by atoms with Gasteiger partial charge in [-0.1, -0.05) is 0 Å². The number of imidazole rings is 1. The Bertz CT molecular complexity index is 350. The van der Waals surface area contributed by atoms with Crippen LogP contribution in [0.3, 0.4) is 0 Å². The largest absolute Gasteiger partial charge is 0.477 e. The van der Waals surface area contributed by atoms with Crippen LogP contribution in [0.1, 0.15) is 16.2 Å². The van der Waals surface area contributed by atoms with Gasteiger partial charge in [-0.25, -0.2) is 4.79 Å². The number of aromatic amines is 1. The van der Waals surface area contributed by atoms with E-state index in [1.807, 2.05) is 0 Å². The van der Waals surface area contributed by atoms with Crippen molar-refractivity contribution in [1.29, 1.82) is 0 Å². The first-order chi connectivity index (χ1) is 5.04. The van der Waals surface area contributed by atoms with E-state index in [9.17, 15) is 4.79 Å². The minimum atomic E-state index is -0.961. The zero-order chi connectivity index (χ0) is 8.59. The first-order valence-corrected chi connectivity index (χ1v) is 3.43. The molecule has 4 nitrogen and oxygen atoms in total. The van der Waals surface area contributed by atoms with Crippen LogP contribution in [0.25, 0.3) is 0 Å². The lowest BCUT2D eigenvalue weighted by Crippen LogP contribution is -2.05. The molecular weight excluding hydrogens is 164 g/mol. The number of carbonyl (C=O) groups is 1. The highest BCUT2D eigenvalue weighted by atomic mass is 32.1. The Morgan fingerprint density at radius 3 is 2.45 bits per heavy atom. The number of rotatable bonds is 1. The van der Waals surface area contributed by atoms with Gasteiger partial charge in [-0.3, -0.25) is 0 Å². The fourth-order valence-electron chi connectivity index (χ4n) is 0.960. The number of nitrogens with one attached hydrogen (secondary N) is 1. The lowest BCUT2D eigenvalue weighted by molar-refractivity contribution is 0.0685. The number of nitrogens with zero attached hydrogens (tertiary/aromatic N) is 1. The molecule has 0 saturated heterocycles. The lowest BCUT2D eigenvalue weighted by Gasteiger charge is -1.94. The van der Waals surface area contributed by atoms with Crippen LogP contribution in [-0.2, 0) is 7.05 Å². The fourth-order valence-corrected chi connectivity index (χ4v) is 1.20. The van der Waals surface area contributed by atoms with Gasteiger partial charge in [0.25, 0.3) is 0 Å². The molecule has 0 aliphatic carbocycles. The van der Waals surface area contributed by atoms with Crippen molar-refractivity contribution in [2.24, 2.45) is 7.05 Å². The van der Waals surface area contributed by atoms with Gasteiger partial charge in [-0.05, 0) is 19.1 Å². The highest BCUT2D eigenvalue weighted by Crippen LogP contribution is 2.05. The third-order valence-corrected chi connectivity index (χ3v) is 1.87. The molecule has 0 saturated carbocycles. The van der Waals surface area contributed by atoms with E-state index in [0.29, 0.717) is 10.5 Å². The van der Waals surface area contributed by atoms with Gasteiger partial charge in [0.15, 0.2) is 4.77 Å². The Morgan fingerprint density at radius 1 is 1.73 bits per heavy atom. The number of carboxylic acid groups (broad SMARTS) is 1. The van der Waals surface area contributed by atoms with E-state index in [1.165, 1.54) is 4.57 Å². The summed E-state index contributed by atoms with van der Waals surface area (Å²) in [6.45, 7) is 1.68. The second kappa shape index (κ2) is 2.50. The van der Waals surface area contributed by atoms with E-state index >= 15 is 0 Å². The number of hydrogen-bond acceptors (Lipinski definition) is 2. The lowest BCUT2D eigenvalue weighted by atomic mass is 10.3. The summed E-state index contributed by atoms with van der Waals surface area (Å²) in [5.41, 5.74) is 0.806. The van der Waals surface area contributed by atoms with E-state index < -0.39 is 5.97 Å². The minimum Gasteiger partial charge on any atom is -0.477 e. The zero-order valence-corrected chi connectivity index (χ0v) is 7.03. The molecule has 0 atom stereocenters. The molecule has 0 fully saturated rings. The minimum absolute atomic E-state index is 0.218. The van der Waals surface area contributed by atoms with E-state index in [0.717, 1.165) is 0 Å². The fraction of sp³-hybridized carbons (Fsp3) is 0.333. The van der Waals surface area contributed by atoms with Crippen LogP contribution < -0.4 is 0 Å². The van der Waals surface area contributed by atoms with Gasteiger partial charge >= 0.3 is 5.97 Å². The average Bonchev–Trinajstić information content (AvgIpc) is 2.07. The van der Waals surface area contributed by atoms with E-state index in [4.69, 9.17) is 17.3 Å². The van der Waals surface area contributed by atoms with Gasteiger partial charge in [0.1, 0.15) is 5.69 Å². The van der Waals surface area contributed by atoms with Crippen molar-refractivity contribution < 1.29 is 9.90 Å². The van der Waals surface area contributed by atoms with Crippen molar-refractivity contribution >= 4 is 18.2 Å². The molecule has 1 rings (SSSR count). The van der Waals surface area contributed by atoms with Crippen LogP contribution >= 0.6 is 12.2 Å². The molecule has 0 bridgehead atoms. The van der Waals surface area contributed by atoms with Crippen LogP contribution in [0, 0.1) is 11.7 Å². The highest BCUT2D eigenvalue weighted by Gasteiger charge is 2.12. The molecule has 0 radical (unpaired) electrons. The number of carboxylic acids is 1. The number of hydrogen-bond donors (Lipinski definition) is 2. The maximum atomic E-state index is 10.6. The molecular formula is C6H8N2O2S. The first kappa shape index (κ1) is 8.00. The van der Waals surface area contributed by atoms with Crippen LogP contribution in [0.2, 0.25) is 0 Å². The summed E-state index contributed by atoms with van der Waals surface area (Å²) in [5.74, 6) is -0.961. The van der Waals surface area contributed by atoms with Crippen LogP contribution in [0.5, 0.6) is 0 Å². The normalized spacial score (nSPS) is 10.0. The van der Waals surface area contributed by atoms with Gasteiger partial charge in [0, 0.05) is 12.7 Å². The second-order valence-corrected chi connectivity index (χ2v) is 2.65. The summed E-state index contributed by atoms with van der Waals surface area (Å²) in [7, 11) is 1.62. The Morgan fingerprint density at radius 2 is 2.27 bits per heavy atom. The first-order valence-electron chi connectivity index (χ1n) is 3.03. The van der Waals surface area contributed by atoms with Crippen LogP contribution in [0.4, 0.5) is 0 Å². The summed E-state index contributed by atoms with van der Waals surface area (Å²) in [6.07, 6.45) is 0. The summed E-state index contributed by atoms with van der Waals surface area (Å²) in [4.78, 5) is 13.3. The average molecular weight is 172 g/mol. The van der Waals surface area contributed by atoms with Gasteiger partial charge in [0.05, 0.1) is 0 Å². The van der Waals surface area contributed by atoms with Gasteiger partial charge in [-0.2, -0.15) is 0 Å². The molecule has 0 aromatic carbocycles. The zero-order valence-electron chi connectivity index (χ0n) is 6.21. The molecule has 1 heterocycles. The van der Waals surface area contributed by atoms with Crippen molar-refractivity contribution in [3.8, 4) is 0 Å². The topological polar surface area (TPSA) is 58.0 Å². The Balaban J connectivity index is 3.46. The Labute approximate surface area is 68.5 Å². The molecule has 1 aromatic heterocycles. The molecule has 0 spiro atoms. The molecule has 5 heteroatoms. The molecule has 60 valence electrons. The van der Waals surface area contributed by atoms with Crippen molar-refractivity contribution in [2.75, 3.05) is 0 Å². The van der Waals surface area contributed by atoms with Gasteiger partial charge in [0.2, 0.25) is 0 Å². The van der Waals surface area contributed by atoms with E-state index in [-0.39, 0.29) is 5.69 Å². The highest BCUT2D eigenvalue weighted by molar-refractivity contribution is 7.71. The number of aromatic carboxylic acids is 1. The third-order valence-electron chi connectivity index (χ3n) is 1.49. The maximum Gasteiger partial charge on any atom is 0.354 e. The van der Waals surface area contributed by atoms with Crippen molar-refractivity contribution in [2.45, 2.75) is 6.92 Å². The molecule has 1 aromatic rings. The van der Waals surface area contributed by atoms with Crippen LogP contribution in [0.15, 0.2) is 0 Å². The molecule has 0 aliphatic rings. The maximum absolute atomic E-state index is 10.6. The van der Waals surface area contributed by atoms with Crippen molar-refractivity contribution in [3.63, 3.8) is 0 Å². The van der Waals surface area contributed by atoms with Crippen molar-refractivity contribution in [3.05, 3.63) is 16.2 Å². The third kappa shape index (κ3) is 1.19. The summed E-state index contributed by atoms with van der Waals surface area (Å²) >= 11 is 4.82. The summed E-state index contributed by atoms with van der Waals surface area (Å²) in [5, 5.41) is 8.67. The van der Waals surface area contributed by atoms with E-state index in [2.05, 4.69) is 4.98 Å². The standard InChI is InChI=1S/C6H8N2O2S/c1-3-4(5(9)10)8(2)6(11)7-3/h1-2H3,(H,7,11)(H,9,10). The molecule has 11 heavy (non-hydrogen) atoms. The molecule has 0 amide bonds. The van der Waals surface area contributed by atoms with Crippen LogP contribution in [-0.4, -0.2) is 20.6 Å². The smallest absolute Gasteiger partial charge is 0.354 e. The van der Waals surface area contributed by atoms with Gasteiger partial charge in [-0.15, -0.1) is 0 Å². The predicted octanol–water partition coefficient (Wildman–Crippen LogP) is 1.09. The molecule has 2 N–H and O–H groups in total. The summed E-state index contributed by atoms with van der Waals surface area (Å²) in [6, 6.07) is 0. The predicted molar refractivity (Wildman–Crippen MR) is 42.3 cm³/mol. The number of H-pyrrole nitrogens is 1. The number of aryl methyl sites for hydroxylation is 1. The van der Waals surface area contributed by atoms with Crippen molar-refractivity contribution in [1.82, 2.24) is 9.55 Å². The van der Waals surface area contributed by atoms with E-state index in [1.54, 1.807) is 14.0 Å². The molecule has 0 aliphatic heterocycles. The Hall–Kier alpha value is -1.10. The summed E-state index contributed by atoms with van der Waals surface area (Å²) < 4.78 is 1.87. The monoisotopic (exact) mass is 172 g/mol. The quantitative estimate of drug-likeness (QED) is 0.623. The Kier molecular flexibility index (Phi) is 1.82. The van der Waals surface area contributed by atoms with Gasteiger partial charge < -0.3 is 14.7 Å². The molecule has 0 unspecified atom stereocenters.